The molecule has 0 N–H and O–H groups in total. The highest BCUT2D eigenvalue weighted by Crippen LogP contribution is 2.24. The van der Waals surface area contributed by atoms with E-state index in [1.54, 1.807) is 0 Å². The highest BCUT2D eigenvalue weighted by Gasteiger charge is 2.74. The summed E-state index contributed by atoms with van der Waals surface area (Å²) in [6.07, 6.45) is 0. The van der Waals surface area contributed by atoms with Crippen molar-refractivity contribution in [3.05, 3.63) is 0 Å². The second-order valence-electron chi connectivity index (χ2n) is 2.06. The zero-order valence-electron chi connectivity index (χ0n) is 5.77. The Balaban J connectivity index is 2.27. The molecule has 9 heteroatoms. The van der Waals surface area contributed by atoms with Crippen LogP contribution in [0.15, 0.2) is 0 Å². The van der Waals surface area contributed by atoms with Gasteiger partial charge in [0.15, 0.2) is 0 Å². The van der Waals surface area contributed by atoms with Gasteiger partial charge < -0.3 is 17.7 Å². The van der Waals surface area contributed by atoms with Crippen LogP contribution < -0.4 is 0 Å². The van der Waals surface area contributed by atoms with E-state index in [1.165, 1.54) is 0 Å². The number of hydrogen-bond acceptors (Lipinski definition) is 8. The van der Waals surface area contributed by atoms with E-state index in [4.69, 9.17) is 0 Å². The summed E-state index contributed by atoms with van der Waals surface area (Å²) >= 11 is 0. The zero-order valence-corrected chi connectivity index (χ0v) is 6.77. The molecule has 0 amide bonds. The smallest absolute Gasteiger partial charge is 0.414 e. The van der Waals surface area contributed by atoms with E-state index >= 15 is 0 Å². The number of hydrogen-bond donors (Lipinski definition) is 0. The minimum Gasteiger partial charge on any atom is -0.414 e. The van der Waals surface area contributed by atoms with Crippen LogP contribution in [0.2, 0.25) is 0 Å². The molecule has 0 aliphatic carbocycles. The first-order valence-corrected chi connectivity index (χ1v) is 4.58. The van der Waals surface area contributed by atoms with Gasteiger partial charge in [0, 0.05) is 0 Å². The number of carbonyl (C=O) groups is 4. The molecule has 2 fully saturated rings. The first-order valence-electron chi connectivity index (χ1n) is 2.95. The van der Waals surface area contributed by atoms with E-state index in [9.17, 15) is 19.2 Å². The standard InChI is InChI=1S/C4O8Si/c5-1-2(6)10-13(9-1)11-3(7)4(8)12-13. The van der Waals surface area contributed by atoms with Gasteiger partial charge in [-0.1, -0.05) is 0 Å². The Labute approximate surface area is 70.8 Å². The predicted octanol–water partition coefficient (Wildman–Crippen LogP) is -2.38. The molecule has 0 radical (unpaired) electrons. The molecule has 0 bridgehead atoms. The molecule has 2 aliphatic heterocycles. The summed E-state index contributed by atoms with van der Waals surface area (Å²) in [4.78, 5) is 42.0. The van der Waals surface area contributed by atoms with Gasteiger partial charge in [-0.25, -0.2) is 19.2 Å². The zero-order chi connectivity index (χ0) is 9.64. The molecule has 13 heavy (non-hydrogen) atoms. The van der Waals surface area contributed by atoms with Gasteiger partial charge in [-0.15, -0.1) is 0 Å². The third kappa shape index (κ3) is 0.972. The molecular weight excluding hydrogens is 204 g/mol. The van der Waals surface area contributed by atoms with Crippen LogP contribution in [-0.4, -0.2) is 32.9 Å². The third-order valence-corrected chi connectivity index (χ3v) is 2.95. The fraction of sp³-hybridized carbons (Fsp3) is 0. The highest BCUT2D eigenvalue weighted by atomic mass is 28.4. The Hall–Kier alpha value is -1.90. The quantitative estimate of drug-likeness (QED) is 0.318. The molecule has 8 nitrogen and oxygen atoms in total. The van der Waals surface area contributed by atoms with Crippen LogP contribution in [-0.2, 0) is 36.9 Å². The summed E-state index contributed by atoms with van der Waals surface area (Å²) < 4.78 is 16.8. The summed E-state index contributed by atoms with van der Waals surface area (Å²) in [5, 5.41) is 0. The Bertz CT molecular complexity index is 275. The van der Waals surface area contributed by atoms with Crippen molar-refractivity contribution in [2.24, 2.45) is 0 Å². The molecule has 0 unspecified atom stereocenters. The van der Waals surface area contributed by atoms with Crippen LogP contribution in [0.1, 0.15) is 0 Å². The predicted molar refractivity (Wildman–Crippen MR) is 30.1 cm³/mol. The van der Waals surface area contributed by atoms with Crippen molar-refractivity contribution in [3.8, 4) is 0 Å². The van der Waals surface area contributed by atoms with E-state index in [1.807, 2.05) is 0 Å². The lowest BCUT2D eigenvalue weighted by molar-refractivity contribution is -0.150. The third-order valence-electron chi connectivity index (χ3n) is 1.20. The lowest BCUT2D eigenvalue weighted by Crippen LogP contribution is -2.40. The molecule has 0 aromatic carbocycles. The average Bonchev–Trinajstić information content (AvgIpc) is 2.39. The van der Waals surface area contributed by atoms with Crippen LogP contribution in [0.25, 0.3) is 0 Å². The van der Waals surface area contributed by atoms with Crippen molar-refractivity contribution >= 4 is 32.9 Å². The molecule has 0 aromatic rings. The monoisotopic (exact) mass is 204 g/mol. The van der Waals surface area contributed by atoms with E-state index in [-0.39, 0.29) is 0 Å². The molecule has 2 aliphatic rings. The van der Waals surface area contributed by atoms with Crippen molar-refractivity contribution in [2.45, 2.75) is 0 Å². The lowest BCUT2D eigenvalue weighted by Gasteiger charge is -2.05. The van der Waals surface area contributed by atoms with Crippen LogP contribution >= 0.6 is 0 Å². The number of carbonyl (C=O) groups excluding carboxylic acids is 4. The lowest BCUT2D eigenvalue weighted by atomic mass is 10.7. The van der Waals surface area contributed by atoms with Gasteiger partial charge >= 0.3 is 32.9 Å². The van der Waals surface area contributed by atoms with Crippen LogP contribution in [0, 0.1) is 0 Å². The van der Waals surface area contributed by atoms with Gasteiger partial charge in [-0.2, -0.15) is 0 Å². The van der Waals surface area contributed by atoms with Gasteiger partial charge in [0.25, 0.3) is 0 Å². The molecule has 1 spiro atoms. The van der Waals surface area contributed by atoms with Gasteiger partial charge in [0.05, 0.1) is 0 Å². The topological polar surface area (TPSA) is 105 Å². The molecular formula is C4O8Si. The summed E-state index contributed by atoms with van der Waals surface area (Å²) in [6, 6.07) is 0. The molecule has 0 atom stereocenters. The van der Waals surface area contributed by atoms with Crippen LogP contribution in [0.4, 0.5) is 0 Å². The minimum atomic E-state index is -4.12. The Morgan fingerprint density at radius 2 is 0.846 bits per heavy atom. The maximum Gasteiger partial charge on any atom is 0.976 e. The Kier molecular flexibility index (Phi) is 1.23. The maximum atomic E-state index is 10.5. The molecule has 2 heterocycles. The fourth-order valence-electron chi connectivity index (χ4n) is 0.746. The van der Waals surface area contributed by atoms with Gasteiger partial charge in [-0.05, 0) is 0 Å². The second-order valence-corrected chi connectivity index (χ2v) is 3.87. The summed E-state index contributed by atoms with van der Waals surface area (Å²) in [5.74, 6) is -5.35. The van der Waals surface area contributed by atoms with Crippen molar-refractivity contribution in [3.63, 3.8) is 0 Å². The normalized spacial score (nSPS) is 24.0. The van der Waals surface area contributed by atoms with E-state index in [0.717, 1.165) is 0 Å². The molecule has 0 saturated carbocycles. The first-order chi connectivity index (χ1) is 6.02. The summed E-state index contributed by atoms with van der Waals surface area (Å²) in [5.41, 5.74) is 0. The molecule has 2 saturated heterocycles. The maximum absolute atomic E-state index is 10.5. The van der Waals surface area contributed by atoms with E-state index in [2.05, 4.69) is 17.7 Å². The summed E-state index contributed by atoms with van der Waals surface area (Å²) in [7, 11) is -4.12. The van der Waals surface area contributed by atoms with E-state index < -0.39 is 32.9 Å². The Morgan fingerprint density at radius 1 is 0.615 bits per heavy atom. The minimum absolute atomic E-state index is 1.34. The summed E-state index contributed by atoms with van der Waals surface area (Å²) in [6.45, 7) is 0. The Morgan fingerprint density at radius 3 is 1.08 bits per heavy atom. The average molecular weight is 204 g/mol. The first kappa shape index (κ1) is 7.73. The molecule has 0 aromatic heterocycles. The van der Waals surface area contributed by atoms with E-state index in [0.29, 0.717) is 0 Å². The molecule has 68 valence electrons. The van der Waals surface area contributed by atoms with Crippen LogP contribution in [0.5, 0.6) is 0 Å². The van der Waals surface area contributed by atoms with Crippen LogP contribution in [0.3, 0.4) is 0 Å². The largest absolute Gasteiger partial charge is 0.976 e. The SMILES string of the molecule is O=C1O[Si]2(OC1=O)OC(=O)C(=O)O2. The van der Waals surface area contributed by atoms with Crippen molar-refractivity contribution < 1.29 is 36.9 Å². The van der Waals surface area contributed by atoms with Gasteiger partial charge in [0.2, 0.25) is 0 Å². The van der Waals surface area contributed by atoms with Crippen molar-refractivity contribution in [1.82, 2.24) is 0 Å². The molecule has 2 rings (SSSR count). The second kappa shape index (κ2) is 2.07. The van der Waals surface area contributed by atoms with Gasteiger partial charge in [0.1, 0.15) is 0 Å². The fourth-order valence-corrected chi connectivity index (χ4v) is 2.24. The van der Waals surface area contributed by atoms with Crippen molar-refractivity contribution in [1.29, 1.82) is 0 Å². The van der Waals surface area contributed by atoms with Gasteiger partial charge in [-0.3, -0.25) is 0 Å². The number of rotatable bonds is 0. The van der Waals surface area contributed by atoms with Crippen molar-refractivity contribution in [2.75, 3.05) is 0 Å². The highest BCUT2D eigenvalue weighted by molar-refractivity contribution is 6.73.